The molecule has 19 heavy (non-hydrogen) atoms. The first-order chi connectivity index (χ1) is 9.08. The number of hydrogen-bond donors (Lipinski definition) is 2. The van der Waals surface area contributed by atoms with Gasteiger partial charge in [-0.05, 0) is 31.6 Å². The number of rotatable bonds is 8. The SMILES string of the molecule is CC1CCCC(OCC(=O)NCCCCC(=O)O)C1. The van der Waals surface area contributed by atoms with Crippen molar-refractivity contribution in [2.75, 3.05) is 13.2 Å². The van der Waals surface area contributed by atoms with Crippen LogP contribution in [0, 0.1) is 5.92 Å². The van der Waals surface area contributed by atoms with E-state index in [4.69, 9.17) is 9.84 Å². The molecule has 5 nitrogen and oxygen atoms in total. The molecule has 0 saturated heterocycles. The fraction of sp³-hybridized carbons (Fsp3) is 0.857. The summed E-state index contributed by atoms with van der Waals surface area (Å²) < 4.78 is 5.60. The van der Waals surface area contributed by atoms with E-state index in [1.54, 1.807) is 0 Å². The van der Waals surface area contributed by atoms with Crippen molar-refractivity contribution >= 4 is 11.9 Å². The monoisotopic (exact) mass is 271 g/mol. The number of carboxylic acid groups (broad SMARTS) is 1. The first kappa shape index (κ1) is 16.0. The summed E-state index contributed by atoms with van der Waals surface area (Å²) in [5.41, 5.74) is 0. The quantitative estimate of drug-likeness (QED) is 0.662. The molecule has 1 fully saturated rings. The first-order valence-electron chi connectivity index (χ1n) is 7.18. The summed E-state index contributed by atoms with van der Waals surface area (Å²) in [6, 6.07) is 0. The van der Waals surface area contributed by atoms with Gasteiger partial charge in [0.05, 0.1) is 6.10 Å². The molecule has 0 aliphatic heterocycles. The minimum Gasteiger partial charge on any atom is -0.481 e. The summed E-state index contributed by atoms with van der Waals surface area (Å²) in [6.45, 7) is 2.87. The number of nitrogens with one attached hydrogen (secondary N) is 1. The van der Waals surface area contributed by atoms with Crippen molar-refractivity contribution in [3.8, 4) is 0 Å². The van der Waals surface area contributed by atoms with Crippen LogP contribution >= 0.6 is 0 Å². The summed E-state index contributed by atoms with van der Waals surface area (Å²) in [6.07, 6.45) is 6.21. The second-order valence-electron chi connectivity index (χ2n) is 5.41. The Hall–Kier alpha value is -1.10. The highest BCUT2D eigenvalue weighted by Gasteiger charge is 2.19. The molecule has 0 spiro atoms. The molecule has 1 aliphatic carbocycles. The summed E-state index contributed by atoms with van der Waals surface area (Å²) in [5.74, 6) is -0.201. The maximum absolute atomic E-state index is 11.5. The van der Waals surface area contributed by atoms with E-state index in [1.807, 2.05) is 0 Å². The average molecular weight is 271 g/mol. The van der Waals surface area contributed by atoms with Crippen LogP contribution in [0.3, 0.4) is 0 Å². The zero-order valence-corrected chi connectivity index (χ0v) is 11.7. The lowest BCUT2D eigenvalue weighted by Gasteiger charge is -2.26. The number of carbonyl (C=O) groups is 2. The lowest BCUT2D eigenvalue weighted by Crippen LogP contribution is -2.32. The van der Waals surface area contributed by atoms with Crippen LogP contribution in [0.2, 0.25) is 0 Å². The smallest absolute Gasteiger partial charge is 0.303 e. The van der Waals surface area contributed by atoms with E-state index in [-0.39, 0.29) is 25.0 Å². The van der Waals surface area contributed by atoms with Gasteiger partial charge in [-0.15, -0.1) is 0 Å². The van der Waals surface area contributed by atoms with Gasteiger partial charge in [-0.2, -0.15) is 0 Å². The minimum atomic E-state index is -0.791. The molecule has 0 aromatic rings. The van der Waals surface area contributed by atoms with Crippen LogP contribution < -0.4 is 5.32 Å². The Bertz CT molecular complexity index is 293. The van der Waals surface area contributed by atoms with E-state index in [9.17, 15) is 9.59 Å². The number of ether oxygens (including phenoxy) is 1. The molecule has 0 aromatic carbocycles. The molecule has 110 valence electrons. The van der Waals surface area contributed by atoms with Gasteiger partial charge in [0.15, 0.2) is 0 Å². The van der Waals surface area contributed by atoms with Gasteiger partial charge in [0.25, 0.3) is 0 Å². The van der Waals surface area contributed by atoms with Gasteiger partial charge in [0.1, 0.15) is 6.61 Å². The first-order valence-corrected chi connectivity index (χ1v) is 7.18. The van der Waals surface area contributed by atoms with Crippen molar-refractivity contribution in [3.63, 3.8) is 0 Å². The van der Waals surface area contributed by atoms with Crippen LogP contribution in [0.5, 0.6) is 0 Å². The van der Waals surface area contributed by atoms with E-state index in [1.165, 1.54) is 12.8 Å². The van der Waals surface area contributed by atoms with Gasteiger partial charge in [-0.3, -0.25) is 9.59 Å². The topological polar surface area (TPSA) is 75.6 Å². The molecule has 5 heteroatoms. The molecule has 2 atom stereocenters. The molecule has 0 bridgehead atoms. The van der Waals surface area contributed by atoms with Crippen LogP contribution in [0.4, 0.5) is 0 Å². The number of carboxylic acids is 1. The summed E-state index contributed by atoms with van der Waals surface area (Å²) in [7, 11) is 0. The van der Waals surface area contributed by atoms with Crippen molar-refractivity contribution in [1.29, 1.82) is 0 Å². The fourth-order valence-corrected chi connectivity index (χ4v) is 2.40. The van der Waals surface area contributed by atoms with Gasteiger partial charge >= 0.3 is 5.97 Å². The lowest BCUT2D eigenvalue weighted by atomic mass is 9.89. The van der Waals surface area contributed by atoms with Gasteiger partial charge < -0.3 is 15.2 Å². The Morgan fingerprint density at radius 2 is 2.11 bits per heavy atom. The van der Waals surface area contributed by atoms with Crippen LogP contribution in [-0.2, 0) is 14.3 Å². The Morgan fingerprint density at radius 1 is 1.32 bits per heavy atom. The van der Waals surface area contributed by atoms with Crippen molar-refractivity contribution < 1.29 is 19.4 Å². The zero-order chi connectivity index (χ0) is 14.1. The number of hydrogen-bond acceptors (Lipinski definition) is 3. The molecule has 0 radical (unpaired) electrons. The predicted octanol–water partition coefficient (Wildman–Crippen LogP) is 1.95. The van der Waals surface area contributed by atoms with Crippen LogP contribution in [0.15, 0.2) is 0 Å². The molecular weight excluding hydrogens is 246 g/mol. The molecule has 0 aromatic heterocycles. The minimum absolute atomic E-state index is 0.103. The van der Waals surface area contributed by atoms with Crippen molar-refractivity contribution in [3.05, 3.63) is 0 Å². The third-order valence-electron chi connectivity index (χ3n) is 3.48. The summed E-state index contributed by atoms with van der Waals surface area (Å²) in [4.78, 5) is 21.8. The largest absolute Gasteiger partial charge is 0.481 e. The maximum atomic E-state index is 11.5. The molecule has 2 unspecified atom stereocenters. The van der Waals surface area contributed by atoms with E-state index in [0.29, 0.717) is 25.3 Å². The average Bonchev–Trinajstić information content (AvgIpc) is 2.35. The highest BCUT2D eigenvalue weighted by Crippen LogP contribution is 2.25. The standard InChI is InChI=1S/C14H25NO4/c1-11-5-4-6-12(9-11)19-10-13(16)15-8-3-2-7-14(17)18/h11-12H,2-10H2,1H3,(H,15,16)(H,17,18). The Labute approximate surface area is 114 Å². The molecule has 0 heterocycles. The zero-order valence-electron chi connectivity index (χ0n) is 11.7. The lowest BCUT2D eigenvalue weighted by molar-refractivity contribution is -0.137. The van der Waals surface area contributed by atoms with Crippen LogP contribution in [0.1, 0.15) is 51.9 Å². The number of amides is 1. The molecule has 1 aliphatic rings. The fourth-order valence-electron chi connectivity index (χ4n) is 2.40. The van der Waals surface area contributed by atoms with E-state index >= 15 is 0 Å². The predicted molar refractivity (Wildman–Crippen MR) is 71.9 cm³/mol. The molecule has 1 rings (SSSR count). The molecule has 1 amide bonds. The van der Waals surface area contributed by atoms with Gasteiger partial charge in [0, 0.05) is 13.0 Å². The van der Waals surface area contributed by atoms with E-state index in [0.717, 1.165) is 12.8 Å². The second-order valence-corrected chi connectivity index (χ2v) is 5.41. The highest BCUT2D eigenvalue weighted by atomic mass is 16.5. The number of unbranched alkanes of at least 4 members (excludes halogenated alkanes) is 1. The number of aliphatic carboxylic acids is 1. The normalized spacial score (nSPS) is 23.0. The number of carbonyl (C=O) groups excluding carboxylic acids is 1. The van der Waals surface area contributed by atoms with Gasteiger partial charge in [0.2, 0.25) is 5.91 Å². The van der Waals surface area contributed by atoms with Crippen molar-refractivity contribution in [2.45, 2.75) is 58.0 Å². The third-order valence-corrected chi connectivity index (χ3v) is 3.48. The van der Waals surface area contributed by atoms with E-state index < -0.39 is 5.97 Å². The van der Waals surface area contributed by atoms with Crippen LogP contribution in [-0.4, -0.2) is 36.2 Å². The maximum Gasteiger partial charge on any atom is 0.303 e. The molecule has 1 saturated carbocycles. The summed E-state index contributed by atoms with van der Waals surface area (Å²) in [5, 5.41) is 11.2. The van der Waals surface area contributed by atoms with Crippen LogP contribution in [0.25, 0.3) is 0 Å². The summed E-state index contributed by atoms with van der Waals surface area (Å²) >= 11 is 0. The Morgan fingerprint density at radius 3 is 2.79 bits per heavy atom. The molecule has 2 N–H and O–H groups in total. The third kappa shape index (κ3) is 7.82. The van der Waals surface area contributed by atoms with Crippen molar-refractivity contribution in [1.82, 2.24) is 5.32 Å². The van der Waals surface area contributed by atoms with E-state index in [2.05, 4.69) is 12.2 Å². The van der Waals surface area contributed by atoms with Gasteiger partial charge in [-0.1, -0.05) is 19.8 Å². The highest BCUT2D eigenvalue weighted by molar-refractivity contribution is 5.77. The van der Waals surface area contributed by atoms with Gasteiger partial charge in [-0.25, -0.2) is 0 Å². The Kier molecular flexibility index (Phi) is 7.48. The van der Waals surface area contributed by atoms with Crippen molar-refractivity contribution in [2.24, 2.45) is 5.92 Å². The second kappa shape index (κ2) is 8.91. The molecular formula is C14H25NO4. The Balaban J connectivity index is 2.00.